The molecule has 1 aromatic carbocycles. The van der Waals surface area contributed by atoms with Crippen LogP contribution < -0.4 is 19.5 Å². The summed E-state index contributed by atoms with van der Waals surface area (Å²) >= 11 is 6.08. The van der Waals surface area contributed by atoms with Crippen molar-refractivity contribution in [3.63, 3.8) is 0 Å². The van der Waals surface area contributed by atoms with Gasteiger partial charge in [0.05, 0.1) is 26.4 Å². The molecular formula is C15H17ClN2O3. The molecule has 0 amide bonds. The summed E-state index contributed by atoms with van der Waals surface area (Å²) < 4.78 is 15.9. The molecule has 0 bridgehead atoms. The molecule has 0 spiro atoms. The summed E-state index contributed by atoms with van der Waals surface area (Å²) in [5, 5.41) is 3.90. The second-order valence-electron chi connectivity index (χ2n) is 4.23. The van der Waals surface area contributed by atoms with Crippen molar-refractivity contribution in [1.29, 1.82) is 0 Å². The molecule has 6 heteroatoms. The molecule has 112 valence electrons. The molecule has 0 aliphatic heterocycles. The van der Waals surface area contributed by atoms with Crippen molar-refractivity contribution < 1.29 is 14.2 Å². The number of methoxy groups -OCH3 is 3. The molecule has 21 heavy (non-hydrogen) atoms. The molecule has 0 aliphatic carbocycles. The molecule has 0 atom stereocenters. The highest BCUT2D eigenvalue weighted by Gasteiger charge is 2.13. The van der Waals surface area contributed by atoms with E-state index in [0.29, 0.717) is 28.8 Å². The topological polar surface area (TPSA) is 52.6 Å². The van der Waals surface area contributed by atoms with Gasteiger partial charge in [-0.05, 0) is 11.6 Å². The average Bonchev–Trinajstić information content (AvgIpc) is 2.52. The molecule has 1 aromatic heterocycles. The van der Waals surface area contributed by atoms with Crippen molar-refractivity contribution in [3.05, 3.63) is 41.2 Å². The van der Waals surface area contributed by atoms with Crippen molar-refractivity contribution >= 4 is 17.3 Å². The largest absolute Gasteiger partial charge is 0.493 e. The van der Waals surface area contributed by atoms with E-state index >= 15 is 0 Å². The number of rotatable bonds is 6. The Morgan fingerprint density at radius 3 is 2.29 bits per heavy atom. The number of nitrogens with zero attached hydrogens (tertiary/aromatic N) is 1. The average molecular weight is 309 g/mol. The SMILES string of the molecule is COc1cc(NCc2ccncc2Cl)cc(OC)c1OC. The zero-order chi connectivity index (χ0) is 15.2. The third-order valence-electron chi connectivity index (χ3n) is 3.00. The van der Waals surface area contributed by atoms with Gasteiger partial charge in [0.2, 0.25) is 5.75 Å². The van der Waals surface area contributed by atoms with E-state index in [1.807, 2.05) is 18.2 Å². The molecule has 5 nitrogen and oxygen atoms in total. The van der Waals surface area contributed by atoms with Crippen LogP contribution in [0.3, 0.4) is 0 Å². The van der Waals surface area contributed by atoms with Crippen molar-refractivity contribution in [2.75, 3.05) is 26.6 Å². The van der Waals surface area contributed by atoms with Crippen LogP contribution in [-0.4, -0.2) is 26.3 Å². The summed E-state index contributed by atoms with van der Waals surface area (Å²) in [4.78, 5) is 3.96. The van der Waals surface area contributed by atoms with Crippen LogP contribution in [0.1, 0.15) is 5.56 Å². The highest BCUT2D eigenvalue weighted by molar-refractivity contribution is 6.31. The minimum absolute atomic E-state index is 0.562. The Morgan fingerprint density at radius 2 is 1.76 bits per heavy atom. The van der Waals surface area contributed by atoms with Crippen molar-refractivity contribution in [2.45, 2.75) is 6.54 Å². The van der Waals surface area contributed by atoms with E-state index < -0.39 is 0 Å². The zero-order valence-corrected chi connectivity index (χ0v) is 12.9. The van der Waals surface area contributed by atoms with Gasteiger partial charge in [-0.3, -0.25) is 4.98 Å². The maximum absolute atomic E-state index is 6.08. The Bertz CT molecular complexity index is 595. The molecule has 1 N–H and O–H groups in total. The van der Waals surface area contributed by atoms with Crippen LogP contribution in [0.5, 0.6) is 17.2 Å². The highest BCUT2D eigenvalue weighted by atomic mass is 35.5. The predicted molar refractivity (Wildman–Crippen MR) is 82.7 cm³/mol. The van der Waals surface area contributed by atoms with Gasteiger partial charge in [0, 0.05) is 36.8 Å². The van der Waals surface area contributed by atoms with Crippen LogP contribution in [0.2, 0.25) is 5.02 Å². The maximum Gasteiger partial charge on any atom is 0.203 e. The number of aromatic nitrogens is 1. The van der Waals surface area contributed by atoms with Gasteiger partial charge in [0.1, 0.15) is 0 Å². The summed E-state index contributed by atoms with van der Waals surface area (Å²) in [6.07, 6.45) is 3.33. The van der Waals surface area contributed by atoms with Crippen LogP contribution in [0.15, 0.2) is 30.6 Å². The van der Waals surface area contributed by atoms with Crippen LogP contribution in [0, 0.1) is 0 Å². The third kappa shape index (κ3) is 3.49. The first kappa shape index (κ1) is 15.3. The quantitative estimate of drug-likeness (QED) is 0.886. The lowest BCUT2D eigenvalue weighted by atomic mass is 10.2. The Kier molecular flexibility index (Phi) is 5.11. The monoisotopic (exact) mass is 308 g/mol. The number of ether oxygens (including phenoxy) is 3. The number of benzene rings is 1. The zero-order valence-electron chi connectivity index (χ0n) is 12.1. The van der Waals surface area contributed by atoms with Gasteiger partial charge in [0.15, 0.2) is 11.5 Å². The summed E-state index contributed by atoms with van der Waals surface area (Å²) in [6.45, 7) is 0.569. The van der Waals surface area contributed by atoms with Crippen molar-refractivity contribution in [3.8, 4) is 17.2 Å². The minimum atomic E-state index is 0.562. The van der Waals surface area contributed by atoms with Gasteiger partial charge in [0.25, 0.3) is 0 Å². The van der Waals surface area contributed by atoms with E-state index in [0.717, 1.165) is 11.3 Å². The number of nitrogens with one attached hydrogen (secondary N) is 1. The van der Waals surface area contributed by atoms with E-state index in [4.69, 9.17) is 25.8 Å². The highest BCUT2D eigenvalue weighted by Crippen LogP contribution is 2.40. The van der Waals surface area contributed by atoms with Gasteiger partial charge in [-0.2, -0.15) is 0 Å². The second kappa shape index (κ2) is 7.04. The Labute approximate surface area is 128 Å². The fraction of sp³-hybridized carbons (Fsp3) is 0.267. The van der Waals surface area contributed by atoms with Crippen LogP contribution in [0.25, 0.3) is 0 Å². The molecule has 2 rings (SSSR count). The molecule has 0 aliphatic rings. The fourth-order valence-corrected chi connectivity index (χ4v) is 2.11. The van der Waals surface area contributed by atoms with Crippen LogP contribution >= 0.6 is 11.6 Å². The van der Waals surface area contributed by atoms with E-state index in [1.54, 1.807) is 33.7 Å². The normalized spacial score (nSPS) is 10.1. The Morgan fingerprint density at radius 1 is 1.10 bits per heavy atom. The Balaban J connectivity index is 2.22. The lowest BCUT2D eigenvalue weighted by Gasteiger charge is -2.15. The fourth-order valence-electron chi connectivity index (χ4n) is 1.93. The minimum Gasteiger partial charge on any atom is -0.493 e. The van der Waals surface area contributed by atoms with Crippen LogP contribution in [0.4, 0.5) is 5.69 Å². The molecule has 0 unspecified atom stereocenters. The Hall–Kier alpha value is -2.14. The molecule has 0 saturated carbocycles. The van der Waals surface area contributed by atoms with Gasteiger partial charge in [-0.15, -0.1) is 0 Å². The summed E-state index contributed by atoms with van der Waals surface area (Å²) in [5.74, 6) is 1.76. The first-order valence-corrected chi connectivity index (χ1v) is 6.69. The third-order valence-corrected chi connectivity index (χ3v) is 3.34. The predicted octanol–water partition coefficient (Wildman–Crippen LogP) is 3.37. The molecule has 0 saturated heterocycles. The van der Waals surface area contributed by atoms with Crippen molar-refractivity contribution in [1.82, 2.24) is 4.98 Å². The van der Waals surface area contributed by atoms with E-state index in [9.17, 15) is 0 Å². The first-order chi connectivity index (χ1) is 10.2. The second-order valence-corrected chi connectivity index (χ2v) is 4.64. The maximum atomic E-state index is 6.08. The lowest BCUT2D eigenvalue weighted by Crippen LogP contribution is -2.02. The standard InChI is InChI=1S/C15H17ClN2O3/c1-19-13-6-11(7-14(20-2)15(13)21-3)18-8-10-4-5-17-9-12(10)16/h4-7,9,18H,8H2,1-3H3. The number of hydrogen-bond acceptors (Lipinski definition) is 5. The summed E-state index contributed by atoms with van der Waals surface area (Å²) in [6, 6.07) is 5.56. The van der Waals surface area contributed by atoms with Gasteiger partial charge in [-0.1, -0.05) is 11.6 Å². The number of pyridine rings is 1. The van der Waals surface area contributed by atoms with Crippen LogP contribution in [-0.2, 0) is 6.54 Å². The molecule has 2 aromatic rings. The molecule has 1 heterocycles. The molecular weight excluding hydrogens is 292 g/mol. The molecule has 0 radical (unpaired) electrons. The smallest absolute Gasteiger partial charge is 0.203 e. The number of hydrogen-bond donors (Lipinski definition) is 1. The number of halogens is 1. The van der Waals surface area contributed by atoms with E-state index in [2.05, 4.69) is 10.3 Å². The van der Waals surface area contributed by atoms with Gasteiger partial charge >= 0.3 is 0 Å². The first-order valence-electron chi connectivity index (χ1n) is 6.31. The number of anilines is 1. The van der Waals surface area contributed by atoms with Crippen molar-refractivity contribution in [2.24, 2.45) is 0 Å². The summed E-state index contributed by atoms with van der Waals surface area (Å²) in [5.41, 5.74) is 1.80. The molecule has 0 fully saturated rings. The van der Waals surface area contributed by atoms with E-state index in [1.165, 1.54) is 0 Å². The summed E-state index contributed by atoms with van der Waals surface area (Å²) in [7, 11) is 4.74. The van der Waals surface area contributed by atoms with Gasteiger partial charge in [-0.25, -0.2) is 0 Å². The van der Waals surface area contributed by atoms with E-state index in [-0.39, 0.29) is 0 Å². The van der Waals surface area contributed by atoms with Gasteiger partial charge < -0.3 is 19.5 Å². The lowest BCUT2D eigenvalue weighted by molar-refractivity contribution is 0.324.